The lowest BCUT2D eigenvalue weighted by Crippen LogP contribution is -1.97. The van der Waals surface area contributed by atoms with E-state index < -0.39 is 0 Å². The molecule has 0 bridgehead atoms. The highest BCUT2D eigenvalue weighted by molar-refractivity contribution is 5.72. The van der Waals surface area contributed by atoms with Crippen LogP contribution in [0.15, 0.2) is 4.52 Å². The van der Waals surface area contributed by atoms with Gasteiger partial charge in [-0.05, 0) is 13.8 Å². The van der Waals surface area contributed by atoms with E-state index in [1.807, 2.05) is 0 Å². The lowest BCUT2D eigenvalue weighted by molar-refractivity contribution is -0.139. The molecule has 0 amide bonds. The molecule has 0 aliphatic carbocycles. The Labute approximate surface area is 82.2 Å². The minimum absolute atomic E-state index is 0.0839. The fraction of sp³-hybridized carbons (Fsp3) is 0.400. The second-order valence-corrected chi connectivity index (χ2v) is 2.75. The van der Waals surface area contributed by atoms with Gasteiger partial charge in [0.05, 0.1) is 18.4 Å². The summed E-state index contributed by atoms with van der Waals surface area (Å²) in [6.07, 6.45) is 0.0839. The van der Waals surface area contributed by atoms with Gasteiger partial charge in [-0.3, -0.25) is 4.79 Å². The van der Waals surface area contributed by atoms with Crippen molar-refractivity contribution in [3.8, 4) is 11.8 Å². The van der Waals surface area contributed by atoms with Gasteiger partial charge in [0.25, 0.3) is 0 Å². The van der Waals surface area contributed by atoms with Crippen LogP contribution < -0.4 is 0 Å². The number of methoxy groups -OCH3 is 1. The fourth-order valence-corrected chi connectivity index (χ4v) is 0.938. The van der Waals surface area contributed by atoms with Crippen molar-refractivity contribution >= 4 is 5.97 Å². The highest BCUT2D eigenvalue weighted by Crippen LogP contribution is 2.09. The molecule has 0 saturated carbocycles. The number of hydrogen-bond donors (Lipinski definition) is 0. The quantitative estimate of drug-likeness (QED) is 0.497. The summed E-state index contributed by atoms with van der Waals surface area (Å²) >= 11 is 0. The molecule has 4 nitrogen and oxygen atoms in total. The van der Waals surface area contributed by atoms with E-state index in [1.165, 1.54) is 7.11 Å². The van der Waals surface area contributed by atoms with Gasteiger partial charge in [0.15, 0.2) is 0 Å². The van der Waals surface area contributed by atoms with Crippen molar-refractivity contribution in [2.75, 3.05) is 7.11 Å². The zero-order valence-electron chi connectivity index (χ0n) is 8.38. The van der Waals surface area contributed by atoms with Gasteiger partial charge in [-0.2, -0.15) is 0 Å². The first-order valence-corrected chi connectivity index (χ1v) is 4.13. The van der Waals surface area contributed by atoms with Gasteiger partial charge in [0.1, 0.15) is 12.2 Å². The number of ether oxygens (including phenoxy) is 1. The van der Waals surface area contributed by atoms with Crippen LogP contribution in [0.25, 0.3) is 0 Å². The number of aryl methyl sites for hydroxylation is 2. The normalized spacial score (nSPS) is 9.07. The predicted molar refractivity (Wildman–Crippen MR) is 49.5 cm³/mol. The monoisotopic (exact) mass is 193 g/mol. The second-order valence-electron chi connectivity index (χ2n) is 2.75. The first-order valence-electron chi connectivity index (χ1n) is 4.13. The summed E-state index contributed by atoms with van der Waals surface area (Å²) in [5.74, 6) is 5.84. The number of aromatic nitrogens is 1. The van der Waals surface area contributed by atoms with E-state index in [4.69, 9.17) is 4.52 Å². The van der Waals surface area contributed by atoms with Gasteiger partial charge >= 0.3 is 5.97 Å². The topological polar surface area (TPSA) is 52.3 Å². The van der Waals surface area contributed by atoms with E-state index in [9.17, 15) is 4.79 Å². The van der Waals surface area contributed by atoms with Gasteiger partial charge in [0.2, 0.25) is 0 Å². The van der Waals surface area contributed by atoms with Crippen LogP contribution >= 0.6 is 0 Å². The van der Waals surface area contributed by atoms with Gasteiger partial charge in [-0.1, -0.05) is 17.0 Å². The maximum absolute atomic E-state index is 10.7. The average molecular weight is 193 g/mol. The minimum atomic E-state index is -0.343. The van der Waals surface area contributed by atoms with Crippen LogP contribution in [-0.2, 0) is 9.53 Å². The molecular formula is C10H11NO3. The van der Waals surface area contributed by atoms with Crippen molar-refractivity contribution in [1.82, 2.24) is 5.16 Å². The molecule has 14 heavy (non-hydrogen) atoms. The van der Waals surface area contributed by atoms with Crippen molar-refractivity contribution < 1.29 is 14.1 Å². The summed E-state index contributed by atoms with van der Waals surface area (Å²) in [6.45, 7) is 3.58. The van der Waals surface area contributed by atoms with E-state index in [1.54, 1.807) is 13.8 Å². The SMILES string of the molecule is COC(=O)CC#Cc1c(C)noc1C. The molecule has 0 aliphatic heterocycles. The molecule has 1 aromatic rings. The van der Waals surface area contributed by atoms with Crippen LogP contribution in [0.1, 0.15) is 23.4 Å². The van der Waals surface area contributed by atoms with Gasteiger partial charge < -0.3 is 9.26 Å². The van der Waals surface area contributed by atoms with Gasteiger partial charge in [0, 0.05) is 0 Å². The summed E-state index contributed by atoms with van der Waals surface area (Å²) in [6, 6.07) is 0. The Bertz CT molecular complexity index is 376. The molecule has 0 N–H and O–H groups in total. The molecule has 1 heterocycles. The number of carbonyl (C=O) groups excluding carboxylic acids is 1. The Balaban J connectivity index is 2.73. The highest BCUT2D eigenvalue weighted by atomic mass is 16.5. The van der Waals surface area contributed by atoms with Crippen LogP contribution in [0, 0.1) is 25.7 Å². The molecule has 0 radical (unpaired) electrons. The number of hydrogen-bond acceptors (Lipinski definition) is 4. The van der Waals surface area contributed by atoms with Crippen LogP contribution in [-0.4, -0.2) is 18.2 Å². The number of rotatable bonds is 1. The Morgan fingerprint density at radius 2 is 2.29 bits per heavy atom. The molecule has 74 valence electrons. The van der Waals surface area contributed by atoms with Crippen LogP contribution in [0.2, 0.25) is 0 Å². The smallest absolute Gasteiger partial charge is 0.317 e. The Morgan fingerprint density at radius 1 is 1.57 bits per heavy atom. The molecule has 0 aliphatic rings. The molecule has 0 fully saturated rings. The largest absolute Gasteiger partial charge is 0.468 e. The third kappa shape index (κ3) is 2.36. The zero-order chi connectivity index (χ0) is 10.6. The molecular weight excluding hydrogens is 182 g/mol. The average Bonchev–Trinajstić information content (AvgIpc) is 2.48. The maximum Gasteiger partial charge on any atom is 0.317 e. The van der Waals surface area contributed by atoms with Crippen LogP contribution in [0.3, 0.4) is 0 Å². The minimum Gasteiger partial charge on any atom is -0.468 e. The lowest BCUT2D eigenvalue weighted by atomic mass is 10.2. The van der Waals surface area contributed by atoms with Crippen molar-refractivity contribution in [3.63, 3.8) is 0 Å². The third-order valence-corrected chi connectivity index (χ3v) is 1.71. The predicted octanol–water partition coefficient (Wildman–Crippen LogP) is 1.21. The zero-order valence-corrected chi connectivity index (χ0v) is 8.38. The summed E-state index contributed by atoms with van der Waals surface area (Å²) < 4.78 is 9.36. The standard InChI is InChI=1S/C10H11NO3/c1-7-9(8(2)14-11-7)5-4-6-10(12)13-3/h6H2,1-3H3. The van der Waals surface area contributed by atoms with E-state index in [-0.39, 0.29) is 12.4 Å². The Morgan fingerprint density at radius 3 is 2.79 bits per heavy atom. The summed E-state index contributed by atoms with van der Waals surface area (Å²) in [5.41, 5.74) is 1.48. The van der Waals surface area contributed by atoms with Gasteiger partial charge in [-0.15, -0.1) is 0 Å². The third-order valence-electron chi connectivity index (χ3n) is 1.71. The van der Waals surface area contributed by atoms with Crippen molar-refractivity contribution in [1.29, 1.82) is 0 Å². The molecule has 0 atom stereocenters. The molecule has 0 aromatic carbocycles. The Hall–Kier alpha value is -1.76. The van der Waals surface area contributed by atoms with Crippen molar-refractivity contribution in [2.24, 2.45) is 0 Å². The van der Waals surface area contributed by atoms with Crippen LogP contribution in [0.5, 0.6) is 0 Å². The summed E-state index contributed by atoms with van der Waals surface area (Å²) in [4.78, 5) is 10.7. The summed E-state index contributed by atoms with van der Waals surface area (Å²) in [7, 11) is 1.33. The molecule has 1 rings (SSSR count). The summed E-state index contributed by atoms with van der Waals surface area (Å²) in [5, 5.41) is 3.74. The maximum atomic E-state index is 10.7. The number of esters is 1. The van der Waals surface area contributed by atoms with Crippen LogP contribution in [0.4, 0.5) is 0 Å². The molecule has 0 spiro atoms. The van der Waals surface area contributed by atoms with E-state index in [0.717, 1.165) is 11.3 Å². The molecule has 0 unspecified atom stereocenters. The van der Waals surface area contributed by atoms with E-state index in [0.29, 0.717) is 5.76 Å². The lowest BCUT2D eigenvalue weighted by Gasteiger charge is -1.89. The van der Waals surface area contributed by atoms with E-state index >= 15 is 0 Å². The Kier molecular flexibility index (Phi) is 3.29. The molecule has 1 aromatic heterocycles. The molecule has 0 saturated heterocycles. The first kappa shape index (κ1) is 10.3. The highest BCUT2D eigenvalue weighted by Gasteiger charge is 2.04. The fourth-order valence-electron chi connectivity index (χ4n) is 0.938. The number of nitrogens with zero attached hydrogens (tertiary/aromatic N) is 1. The second kappa shape index (κ2) is 4.47. The van der Waals surface area contributed by atoms with Crippen molar-refractivity contribution in [2.45, 2.75) is 20.3 Å². The molecule has 4 heteroatoms. The number of carbonyl (C=O) groups is 1. The van der Waals surface area contributed by atoms with Gasteiger partial charge in [-0.25, -0.2) is 0 Å². The van der Waals surface area contributed by atoms with E-state index in [2.05, 4.69) is 21.7 Å². The van der Waals surface area contributed by atoms with Crippen molar-refractivity contribution in [3.05, 3.63) is 17.0 Å². The first-order chi connectivity index (χ1) is 6.65.